The third-order valence-corrected chi connectivity index (χ3v) is 5.44. The third-order valence-electron chi connectivity index (χ3n) is 4.22. The second-order valence-electron chi connectivity index (χ2n) is 5.86. The van der Waals surface area contributed by atoms with Crippen LogP contribution in [0.15, 0.2) is 53.4 Å². The predicted octanol–water partition coefficient (Wildman–Crippen LogP) is 3.09. The van der Waals surface area contributed by atoms with Crippen LogP contribution in [0.1, 0.15) is 11.1 Å². The molecule has 0 amide bonds. The lowest BCUT2D eigenvalue weighted by Crippen LogP contribution is -3.12. The van der Waals surface area contributed by atoms with Crippen molar-refractivity contribution in [3.63, 3.8) is 0 Å². The molecule has 122 valence electrons. The fourth-order valence-electron chi connectivity index (χ4n) is 2.92. The zero-order chi connectivity index (χ0) is 15.9. The summed E-state index contributed by atoms with van der Waals surface area (Å²) in [6.45, 7) is 5.11. The van der Waals surface area contributed by atoms with E-state index < -0.39 is 0 Å². The first kappa shape index (κ1) is 16.8. The van der Waals surface area contributed by atoms with Crippen LogP contribution in [0.3, 0.4) is 0 Å². The van der Waals surface area contributed by atoms with Crippen molar-refractivity contribution in [3.8, 4) is 0 Å². The largest absolute Gasteiger partial charge is 0.375 e. The summed E-state index contributed by atoms with van der Waals surface area (Å²) in [6, 6.07) is 16.8. The van der Waals surface area contributed by atoms with Gasteiger partial charge >= 0.3 is 0 Å². The van der Waals surface area contributed by atoms with E-state index in [0.29, 0.717) is 0 Å². The van der Waals surface area contributed by atoms with E-state index in [0.717, 1.165) is 37.1 Å². The maximum atomic E-state index is 5.88. The van der Waals surface area contributed by atoms with Gasteiger partial charge in [0.05, 0.1) is 19.8 Å². The van der Waals surface area contributed by atoms with Gasteiger partial charge in [0.15, 0.2) is 0 Å². The zero-order valence-electron chi connectivity index (χ0n) is 13.3. The molecule has 0 spiro atoms. The molecule has 1 aliphatic heterocycles. The van der Waals surface area contributed by atoms with Gasteiger partial charge in [-0.15, -0.1) is 11.8 Å². The summed E-state index contributed by atoms with van der Waals surface area (Å²) in [5.41, 5.74) is 3.03. The molecule has 1 atom stereocenters. The molecule has 1 N–H and O–H groups in total. The average Bonchev–Trinajstić information content (AvgIpc) is 2.59. The molecule has 1 aliphatic rings. The summed E-state index contributed by atoms with van der Waals surface area (Å²) in [5, 5.41) is 0.789. The minimum atomic E-state index is 0.789. The lowest BCUT2D eigenvalue weighted by molar-refractivity contribution is -0.916. The van der Waals surface area contributed by atoms with Gasteiger partial charge in [-0.1, -0.05) is 35.9 Å². The highest BCUT2D eigenvalue weighted by Crippen LogP contribution is 2.19. The number of quaternary nitrogens is 1. The molecular weight excluding hydrogens is 326 g/mol. The highest BCUT2D eigenvalue weighted by molar-refractivity contribution is 7.99. The molecule has 1 heterocycles. The number of hydrogen-bond acceptors (Lipinski definition) is 2. The number of fused-ring (bicyclic) bond motifs is 1. The molecule has 0 bridgehead atoms. The Kier molecular flexibility index (Phi) is 6.40. The Morgan fingerprint density at radius 1 is 1.00 bits per heavy atom. The van der Waals surface area contributed by atoms with Crippen LogP contribution < -0.4 is 4.90 Å². The first-order chi connectivity index (χ1) is 11.3. The van der Waals surface area contributed by atoms with Crippen LogP contribution in [0.25, 0.3) is 0 Å². The Morgan fingerprint density at radius 3 is 2.61 bits per heavy atom. The van der Waals surface area contributed by atoms with E-state index in [1.54, 1.807) is 4.90 Å². The van der Waals surface area contributed by atoms with E-state index in [1.165, 1.54) is 29.0 Å². The second-order valence-corrected chi connectivity index (χ2v) is 7.47. The molecule has 0 aromatic heterocycles. The van der Waals surface area contributed by atoms with E-state index >= 15 is 0 Å². The van der Waals surface area contributed by atoms with Crippen molar-refractivity contribution in [3.05, 3.63) is 64.7 Å². The zero-order valence-corrected chi connectivity index (χ0v) is 14.8. The van der Waals surface area contributed by atoms with Gasteiger partial charge in [0, 0.05) is 27.7 Å². The SMILES string of the molecule is Clc1ccc(SCCOCC[NH+]2CCc3ccccc3C2)cc1. The van der Waals surface area contributed by atoms with Crippen molar-refractivity contribution >= 4 is 23.4 Å². The number of thioether (sulfide) groups is 1. The normalized spacial score (nSPS) is 17.0. The Bertz CT molecular complexity index is 617. The van der Waals surface area contributed by atoms with Crippen LogP contribution in [-0.4, -0.2) is 32.1 Å². The maximum Gasteiger partial charge on any atom is 0.103 e. The molecule has 1 unspecified atom stereocenters. The van der Waals surface area contributed by atoms with Crippen LogP contribution in [0, 0.1) is 0 Å². The van der Waals surface area contributed by atoms with Gasteiger partial charge in [0.2, 0.25) is 0 Å². The van der Waals surface area contributed by atoms with Gasteiger partial charge in [0.1, 0.15) is 13.1 Å². The molecule has 4 heteroatoms. The summed E-state index contributed by atoms with van der Waals surface area (Å²) in [6.07, 6.45) is 1.19. The Balaban J connectivity index is 1.29. The second kappa shape index (κ2) is 8.74. The number of ether oxygens (including phenoxy) is 1. The summed E-state index contributed by atoms with van der Waals surface area (Å²) in [7, 11) is 0. The molecule has 2 nitrogen and oxygen atoms in total. The third kappa shape index (κ3) is 5.25. The number of rotatable bonds is 7. The lowest BCUT2D eigenvalue weighted by atomic mass is 10.0. The number of nitrogens with one attached hydrogen (secondary N) is 1. The van der Waals surface area contributed by atoms with Crippen LogP contribution in [0.2, 0.25) is 5.02 Å². The molecule has 0 aliphatic carbocycles. The van der Waals surface area contributed by atoms with Crippen LogP contribution >= 0.6 is 23.4 Å². The first-order valence-corrected chi connectivity index (χ1v) is 9.54. The minimum absolute atomic E-state index is 0.789. The smallest absolute Gasteiger partial charge is 0.103 e. The number of hydrogen-bond donors (Lipinski definition) is 1. The summed E-state index contributed by atoms with van der Waals surface area (Å²) < 4.78 is 5.80. The van der Waals surface area contributed by atoms with E-state index in [-0.39, 0.29) is 0 Å². The number of benzene rings is 2. The van der Waals surface area contributed by atoms with Crippen molar-refractivity contribution in [2.24, 2.45) is 0 Å². The average molecular weight is 349 g/mol. The van der Waals surface area contributed by atoms with Crippen LogP contribution in [0.4, 0.5) is 0 Å². The van der Waals surface area contributed by atoms with Gasteiger partial charge in [-0.2, -0.15) is 0 Å². The molecule has 0 radical (unpaired) electrons. The Morgan fingerprint density at radius 2 is 1.78 bits per heavy atom. The van der Waals surface area contributed by atoms with E-state index in [1.807, 2.05) is 23.9 Å². The molecule has 0 saturated heterocycles. The van der Waals surface area contributed by atoms with Crippen molar-refractivity contribution in [2.45, 2.75) is 17.9 Å². The fourth-order valence-corrected chi connectivity index (χ4v) is 3.82. The Hall–Kier alpha value is -1.00. The van der Waals surface area contributed by atoms with Gasteiger partial charge in [-0.3, -0.25) is 0 Å². The van der Waals surface area contributed by atoms with Gasteiger partial charge in [-0.05, 0) is 29.8 Å². The number of halogens is 1. The predicted molar refractivity (Wildman–Crippen MR) is 97.5 cm³/mol. The van der Waals surface area contributed by atoms with Gasteiger partial charge < -0.3 is 9.64 Å². The van der Waals surface area contributed by atoms with Gasteiger partial charge in [0.25, 0.3) is 0 Å². The summed E-state index contributed by atoms with van der Waals surface area (Å²) >= 11 is 7.70. The van der Waals surface area contributed by atoms with Crippen molar-refractivity contribution in [1.29, 1.82) is 0 Å². The highest BCUT2D eigenvalue weighted by atomic mass is 35.5. The topological polar surface area (TPSA) is 13.7 Å². The molecule has 3 rings (SSSR count). The van der Waals surface area contributed by atoms with E-state index in [9.17, 15) is 0 Å². The maximum absolute atomic E-state index is 5.88. The van der Waals surface area contributed by atoms with E-state index in [4.69, 9.17) is 16.3 Å². The summed E-state index contributed by atoms with van der Waals surface area (Å²) in [4.78, 5) is 2.88. The summed E-state index contributed by atoms with van der Waals surface area (Å²) in [5.74, 6) is 0.986. The van der Waals surface area contributed by atoms with Gasteiger partial charge in [-0.25, -0.2) is 0 Å². The lowest BCUT2D eigenvalue weighted by Gasteiger charge is -2.25. The first-order valence-electron chi connectivity index (χ1n) is 8.18. The van der Waals surface area contributed by atoms with Crippen molar-refractivity contribution in [2.75, 3.05) is 32.1 Å². The molecule has 0 saturated carbocycles. The Labute approximate surface area is 147 Å². The highest BCUT2D eigenvalue weighted by Gasteiger charge is 2.18. The van der Waals surface area contributed by atoms with Crippen LogP contribution in [-0.2, 0) is 17.7 Å². The molecule has 2 aromatic carbocycles. The molecular formula is C19H23ClNOS+. The fraction of sp³-hybridized carbons (Fsp3) is 0.368. The van der Waals surface area contributed by atoms with Crippen molar-refractivity contribution in [1.82, 2.24) is 0 Å². The molecule has 2 aromatic rings. The quantitative estimate of drug-likeness (QED) is 0.610. The monoisotopic (exact) mass is 348 g/mol. The standard InChI is InChI=1S/C19H22ClNOS/c20-18-5-7-19(8-6-18)23-14-13-22-12-11-21-10-9-16-3-1-2-4-17(16)15-21/h1-8H,9-15H2/p+1. The minimum Gasteiger partial charge on any atom is -0.375 e. The molecule has 0 fully saturated rings. The van der Waals surface area contributed by atoms with Crippen molar-refractivity contribution < 1.29 is 9.64 Å². The van der Waals surface area contributed by atoms with Crippen LogP contribution in [0.5, 0.6) is 0 Å². The van der Waals surface area contributed by atoms with E-state index in [2.05, 4.69) is 36.4 Å². The molecule has 23 heavy (non-hydrogen) atoms.